The van der Waals surface area contributed by atoms with E-state index in [1.807, 2.05) is 52.5 Å². The number of nitrogens with zero attached hydrogens (tertiary/aromatic N) is 6. The molecule has 0 saturated carbocycles. The quantitative estimate of drug-likeness (QED) is 0.383. The Bertz CT molecular complexity index is 1500. The number of aryl methyl sites for hydroxylation is 1. The van der Waals surface area contributed by atoms with Gasteiger partial charge in [-0.3, -0.25) is 4.98 Å². The van der Waals surface area contributed by atoms with Gasteiger partial charge in [-0.25, -0.2) is 19.1 Å². The predicted molar refractivity (Wildman–Crippen MR) is 149 cm³/mol. The smallest absolute Gasteiger partial charge is 0.410 e. The highest BCUT2D eigenvalue weighted by Gasteiger charge is 2.38. The van der Waals surface area contributed by atoms with Crippen molar-refractivity contribution in [1.82, 2.24) is 24.4 Å². The molecule has 10 nitrogen and oxygen atoms in total. The highest BCUT2D eigenvalue weighted by Crippen LogP contribution is 2.44. The Hall–Kier alpha value is -2.92. The Balaban J connectivity index is 1.69. The molecule has 1 saturated heterocycles. The van der Waals surface area contributed by atoms with Crippen molar-refractivity contribution in [1.29, 1.82) is 0 Å². The molecule has 0 aliphatic carbocycles. The first kappa shape index (κ1) is 26.7. The van der Waals surface area contributed by atoms with Crippen molar-refractivity contribution in [3.63, 3.8) is 0 Å². The van der Waals surface area contributed by atoms with Gasteiger partial charge in [-0.2, -0.15) is 4.98 Å². The van der Waals surface area contributed by atoms with Crippen molar-refractivity contribution in [2.45, 2.75) is 59.1 Å². The fourth-order valence-electron chi connectivity index (χ4n) is 4.93. The third-order valence-corrected chi connectivity index (χ3v) is 7.85. The predicted octanol–water partition coefficient (Wildman–Crippen LogP) is 4.84. The summed E-state index contributed by atoms with van der Waals surface area (Å²) in [5.41, 5.74) is 1.51. The third kappa shape index (κ3) is 4.59. The van der Waals surface area contributed by atoms with Gasteiger partial charge in [0.1, 0.15) is 28.6 Å². The lowest BCUT2D eigenvalue weighted by atomic mass is 10.0. The second kappa shape index (κ2) is 9.68. The zero-order valence-corrected chi connectivity index (χ0v) is 24.6. The molecule has 0 radical (unpaired) electrons. The molecular formula is C26H30BrClN6O4. The monoisotopic (exact) mass is 604 g/mol. The number of hydrogen-bond acceptors (Lipinski definition) is 8. The number of carbonyl (C=O) groups is 1. The average molecular weight is 606 g/mol. The minimum atomic E-state index is -0.602. The van der Waals surface area contributed by atoms with Crippen LogP contribution in [0, 0.1) is 6.92 Å². The first-order chi connectivity index (χ1) is 17.9. The Morgan fingerprint density at radius 1 is 1.26 bits per heavy atom. The minimum Gasteiger partial charge on any atom is -0.489 e. The Morgan fingerprint density at radius 2 is 2.00 bits per heavy atom. The third-order valence-electron chi connectivity index (χ3n) is 6.61. The van der Waals surface area contributed by atoms with E-state index in [4.69, 9.17) is 21.1 Å². The van der Waals surface area contributed by atoms with E-state index in [9.17, 15) is 9.59 Å². The van der Waals surface area contributed by atoms with E-state index in [1.165, 1.54) is 4.57 Å². The number of pyridine rings is 2. The van der Waals surface area contributed by atoms with E-state index >= 15 is 0 Å². The fraction of sp³-hybridized carbons (Fsp3) is 0.500. The number of ether oxygens (including phenoxy) is 2. The molecule has 12 heteroatoms. The molecule has 0 unspecified atom stereocenters. The highest BCUT2D eigenvalue weighted by molar-refractivity contribution is 9.10. The molecule has 0 spiro atoms. The lowest BCUT2D eigenvalue weighted by Gasteiger charge is -2.41. The number of halogens is 2. The van der Waals surface area contributed by atoms with Gasteiger partial charge >= 0.3 is 11.8 Å². The van der Waals surface area contributed by atoms with Crippen LogP contribution in [-0.4, -0.2) is 68.4 Å². The number of piperazine rings is 1. The van der Waals surface area contributed by atoms with Crippen LogP contribution in [0.3, 0.4) is 0 Å². The number of rotatable bonds is 2. The summed E-state index contributed by atoms with van der Waals surface area (Å²) in [6.07, 6.45) is 1.35. The maximum Gasteiger partial charge on any atom is 0.410 e. The number of amides is 1. The molecule has 0 aromatic carbocycles. The largest absolute Gasteiger partial charge is 0.489 e. The Kier molecular flexibility index (Phi) is 6.79. The molecule has 0 N–H and O–H groups in total. The van der Waals surface area contributed by atoms with Crippen LogP contribution in [0.2, 0.25) is 5.15 Å². The van der Waals surface area contributed by atoms with Crippen molar-refractivity contribution in [3.8, 4) is 11.4 Å². The van der Waals surface area contributed by atoms with Crippen LogP contribution in [0.5, 0.6) is 5.75 Å². The van der Waals surface area contributed by atoms with Crippen LogP contribution < -0.4 is 15.3 Å². The summed E-state index contributed by atoms with van der Waals surface area (Å²) in [5.74, 6) is 0.969. The number of fused-ring (bicyclic) bond motifs is 2. The van der Waals surface area contributed by atoms with E-state index < -0.39 is 11.3 Å². The Labute approximate surface area is 234 Å². The molecule has 5 rings (SSSR count). The Morgan fingerprint density at radius 3 is 2.68 bits per heavy atom. The summed E-state index contributed by atoms with van der Waals surface area (Å²) >= 11 is 10.1. The molecule has 0 bridgehead atoms. The molecule has 202 valence electrons. The van der Waals surface area contributed by atoms with Gasteiger partial charge in [0, 0.05) is 25.8 Å². The zero-order valence-electron chi connectivity index (χ0n) is 22.2. The van der Waals surface area contributed by atoms with Gasteiger partial charge < -0.3 is 19.3 Å². The number of aromatic nitrogens is 4. The van der Waals surface area contributed by atoms with Gasteiger partial charge in [0.2, 0.25) is 0 Å². The van der Waals surface area contributed by atoms with Crippen molar-refractivity contribution < 1.29 is 14.3 Å². The van der Waals surface area contributed by atoms with Crippen LogP contribution in [-0.2, 0) is 4.74 Å². The van der Waals surface area contributed by atoms with Crippen molar-refractivity contribution in [3.05, 3.63) is 43.6 Å². The molecule has 1 amide bonds. The van der Waals surface area contributed by atoms with Gasteiger partial charge in [0.25, 0.3) is 0 Å². The number of anilines is 1. The summed E-state index contributed by atoms with van der Waals surface area (Å²) < 4.78 is 13.9. The lowest BCUT2D eigenvalue weighted by Crippen LogP contribution is -2.57. The molecule has 5 heterocycles. The molecular weight excluding hydrogens is 576 g/mol. The second-order valence-corrected chi connectivity index (χ2v) is 12.0. The van der Waals surface area contributed by atoms with Crippen molar-refractivity contribution in [2.75, 3.05) is 31.1 Å². The summed E-state index contributed by atoms with van der Waals surface area (Å²) in [7, 11) is 0. The summed E-state index contributed by atoms with van der Waals surface area (Å²) in [5, 5.41) is 0.743. The minimum absolute atomic E-state index is 0.0502. The topological polar surface area (TPSA) is 103 Å². The van der Waals surface area contributed by atoms with Crippen molar-refractivity contribution >= 4 is 50.5 Å². The van der Waals surface area contributed by atoms with Gasteiger partial charge in [0.05, 0.1) is 21.9 Å². The van der Waals surface area contributed by atoms with Gasteiger partial charge in [0.15, 0.2) is 11.4 Å². The van der Waals surface area contributed by atoms with Gasteiger partial charge in [-0.05, 0) is 61.2 Å². The van der Waals surface area contributed by atoms with Crippen LogP contribution in [0.25, 0.3) is 16.7 Å². The average Bonchev–Trinajstić information content (AvgIpc) is 2.99. The molecule has 38 heavy (non-hydrogen) atoms. The maximum absolute atomic E-state index is 13.8. The van der Waals surface area contributed by atoms with Crippen LogP contribution in [0.1, 0.15) is 51.8 Å². The van der Waals surface area contributed by atoms with E-state index in [0.717, 1.165) is 11.3 Å². The lowest BCUT2D eigenvalue weighted by molar-refractivity contribution is 0.0202. The first-order valence-corrected chi connectivity index (χ1v) is 13.7. The summed E-state index contributed by atoms with van der Waals surface area (Å²) in [4.78, 5) is 44.0. The highest BCUT2D eigenvalue weighted by atomic mass is 79.9. The van der Waals surface area contributed by atoms with Gasteiger partial charge in [-0.1, -0.05) is 25.4 Å². The van der Waals surface area contributed by atoms with Crippen LogP contribution in [0.15, 0.2) is 21.5 Å². The van der Waals surface area contributed by atoms with Crippen molar-refractivity contribution in [2.24, 2.45) is 0 Å². The summed E-state index contributed by atoms with van der Waals surface area (Å²) in [6.45, 7) is 13.0. The molecule has 1 atom stereocenters. The normalized spacial score (nSPS) is 17.3. The molecule has 3 aromatic heterocycles. The maximum atomic E-state index is 13.8. The SMILES string of the molecule is Cc1ccnc(C(C)C)c1-n1c(=O)nc2c3c(c(Br)c(Cl)nc31)OC[C@H]1CN(C(=O)OC(C)(C)C)CCN21. The van der Waals surface area contributed by atoms with Crippen LogP contribution >= 0.6 is 27.5 Å². The van der Waals surface area contributed by atoms with E-state index in [-0.39, 0.29) is 29.8 Å². The summed E-state index contributed by atoms with van der Waals surface area (Å²) in [6, 6.07) is 1.60. The molecule has 2 aliphatic heterocycles. The van der Waals surface area contributed by atoms with Gasteiger partial charge in [-0.15, -0.1) is 0 Å². The second-order valence-electron chi connectivity index (χ2n) is 10.9. The van der Waals surface area contributed by atoms with E-state index in [0.29, 0.717) is 52.4 Å². The molecule has 1 fully saturated rings. The first-order valence-electron chi connectivity index (χ1n) is 12.5. The standard InChI is InChI=1S/C26H30BrClN6O4/c1-13(2)18-19(14(3)7-8-29-18)34-23-16-20(17(27)21(28)30-23)37-12-15-11-32(25(36)38-26(4,5)6)9-10-33(15)22(16)31-24(34)35/h7-8,13,15H,9-12H2,1-6H3/t15-/m1/s1. The number of hydrogen-bond donors (Lipinski definition) is 0. The van der Waals surface area contributed by atoms with Crippen LogP contribution in [0.4, 0.5) is 10.6 Å². The molecule has 3 aromatic rings. The number of carbonyl (C=O) groups excluding carboxylic acids is 1. The fourth-order valence-corrected chi connectivity index (χ4v) is 5.50. The van der Waals surface area contributed by atoms with E-state index in [1.54, 1.807) is 11.1 Å². The van der Waals surface area contributed by atoms with E-state index in [2.05, 4.69) is 30.9 Å². The molecule has 2 aliphatic rings. The zero-order chi connectivity index (χ0) is 27.5.